The molecule has 0 saturated heterocycles. The predicted molar refractivity (Wildman–Crippen MR) is 72.8 cm³/mol. The Bertz CT molecular complexity index is 396. The average molecular weight is 267 g/mol. The number of benzene rings is 1. The van der Waals surface area contributed by atoms with Crippen LogP contribution in [0.2, 0.25) is 0 Å². The fourth-order valence-corrected chi connectivity index (χ4v) is 1.76. The lowest BCUT2D eigenvalue weighted by atomic mass is 10.1. The summed E-state index contributed by atoms with van der Waals surface area (Å²) < 4.78 is 10.3. The highest BCUT2D eigenvalue weighted by Gasteiger charge is 2.17. The van der Waals surface area contributed by atoms with Crippen LogP contribution in [-0.4, -0.2) is 37.9 Å². The third kappa shape index (κ3) is 4.44. The Balaban J connectivity index is 2.70. The smallest absolute Gasteiger partial charge is 0.258 e. The summed E-state index contributed by atoms with van der Waals surface area (Å²) in [6.07, 6.45) is 1.03. The summed E-state index contributed by atoms with van der Waals surface area (Å²) in [5, 5.41) is 11.9. The number of aliphatic hydroxyl groups excluding tert-OH is 1. The number of rotatable bonds is 7. The second-order valence-corrected chi connectivity index (χ2v) is 4.28. The summed E-state index contributed by atoms with van der Waals surface area (Å²) in [7, 11) is 3.03. The highest BCUT2D eigenvalue weighted by atomic mass is 16.5. The van der Waals surface area contributed by atoms with Crippen molar-refractivity contribution < 1.29 is 19.4 Å². The van der Waals surface area contributed by atoms with Gasteiger partial charge in [-0.15, -0.1) is 0 Å². The summed E-state index contributed by atoms with van der Waals surface area (Å²) in [6.45, 7) is 2.23. The van der Waals surface area contributed by atoms with Gasteiger partial charge in [0, 0.05) is 6.54 Å². The van der Waals surface area contributed by atoms with E-state index in [1.807, 2.05) is 0 Å². The summed E-state index contributed by atoms with van der Waals surface area (Å²) in [5.74, 6) is 0.722. The van der Waals surface area contributed by atoms with E-state index >= 15 is 0 Å². The van der Waals surface area contributed by atoms with Gasteiger partial charge in [0.15, 0.2) is 0 Å². The lowest BCUT2D eigenvalue weighted by Gasteiger charge is -2.13. The van der Waals surface area contributed by atoms with Crippen molar-refractivity contribution >= 4 is 5.91 Å². The van der Waals surface area contributed by atoms with Gasteiger partial charge in [-0.2, -0.15) is 0 Å². The van der Waals surface area contributed by atoms with Crippen molar-refractivity contribution in [1.29, 1.82) is 0 Å². The van der Waals surface area contributed by atoms with E-state index in [9.17, 15) is 4.79 Å². The number of hydrogen-bond donors (Lipinski definition) is 2. The van der Waals surface area contributed by atoms with Crippen LogP contribution in [-0.2, 0) is 0 Å². The first-order chi connectivity index (χ1) is 9.10. The SMILES string of the molecule is COc1cccc(OC)c1C(=O)NCCCC(C)O. The quantitative estimate of drug-likeness (QED) is 0.736. The highest BCUT2D eigenvalue weighted by Crippen LogP contribution is 2.27. The third-order valence-corrected chi connectivity index (χ3v) is 2.74. The topological polar surface area (TPSA) is 67.8 Å². The summed E-state index contributed by atoms with van der Waals surface area (Å²) in [4.78, 5) is 12.1. The molecule has 1 unspecified atom stereocenters. The molecule has 0 saturated carbocycles. The molecule has 0 aliphatic carbocycles. The van der Waals surface area contributed by atoms with Crippen molar-refractivity contribution in [2.75, 3.05) is 20.8 Å². The fourth-order valence-electron chi connectivity index (χ4n) is 1.76. The lowest BCUT2D eigenvalue weighted by molar-refractivity contribution is 0.0943. The molecular formula is C14H21NO4. The van der Waals surface area contributed by atoms with E-state index in [2.05, 4.69) is 5.32 Å². The largest absolute Gasteiger partial charge is 0.496 e. The van der Waals surface area contributed by atoms with Crippen molar-refractivity contribution in [3.63, 3.8) is 0 Å². The second kappa shape index (κ2) is 7.63. The lowest BCUT2D eigenvalue weighted by Crippen LogP contribution is -2.26. The molecule has 0 radical (unpaired) electrons. The molecule has 19 heavy (non-hydrogen) atoms. The molecule has 2 N–H and O–H groups in total. The standard InChI is InChI=1S/C14H21NO4/c1-10(16)6-5-9-15-14(17)13-11(18-2)7-4-8-12(13)19-3/h4,7-8,10,16H,5-6,9H2,1-3H3,(H,15,17). The van der Waals surface area contributed by atoms with Crippen LogP contribution in [0, 0.1) is 0 Å². The average Bonchev–Trinajstić information content (AvgIpc) is 2.42. The Hall–Kier alpha value is -1.75. The minimum absolute atomic E-state index is 0.236. The van der Waals surface area contributed by atoms with Crippen molar-refractivity contribution in [2.45, 2.75) is 25.9 Å². The van der Waals surface area contributed by atoms with Crippen LogP contribution in [0.15, 0.2) is 18.2 Å². The number of methoxy groups -OCH3 is 2. The molecule has 5 nitrogen and oxygen atoms in total. The zero-order valence-corrected chi connectivity index (χ0v) is 11.6. The number of nitrogens with one attached hydrogen (secondary N) is 1. The molecule has 1 atom stereocenters. The minimum atomic E-state index is -0.349. The van der Waals surface area contributed by atoms with Gasteiger partial charge in [0.2, 0.25) is 0 Å². The van der Waals surface area contributed by atoms with Gasteiger partial charge in [0.05, 0.1) is 20.3 Å². The molecule has 1 aromatic rings. The maximum absolute atomic E-state index is 12.1. The third-order valence-electron chi connectivity index (χ3n) is 2.74. The zero-order chi connectivity index (χ0) is 14.3. The second-order valence-electron chi connectivity index (χ2n) is 4.28. The van der Waals surface area contributed by atoms with E-state index < -0.39 is 0 Å². The number of aliphatic hydroxyl groups is 1. The van der Waals surface area contributed by atoms with Crippen LogP contribution in [0.25, 0.3) is 0 Å². The molecule has 106 valence electrons. The fraction of sp³-hybridized carbons (Fsp3) is 0.500. The van der Waals surface area contributed by atoms with Gasteiger partial charge in [-0.25, -0.2) is 0 Å². The number of carbonyl (C=O) groups is 1. The van der Waals surface area contributed by atoms with Crippen LogP contribution in [0.5, 0.6) is 11.5 Å². The Morgan fingerprint density at radius 1 is 1.32 bits per heavy atom. The molecule has 1 aromatic carbocycles. The summed E-state index contributed by atoms with van der Waals surface area (Å²) >= 11 is 0. The first-order valence-corrected chi connectivity index (χ1v) is 6.27. The van der Waals surface area contributed by atoms with Gasteiger partial charge in [-0.3, -0.25) is 4.79 Å². The molecule has 0 aliphatic rings. The molecule has 0 heterocycles. The Labute approximate surface area is 113 Å². The maximum atomic E-state index is 12.1. The van der Waals surface area contributed by atoms with Crippen LogP contribution < -0.4 is 14.8 Å². The predicted octanol–water partition coefficient (Wildman–Crippen LogP) is 1.59. The molecule has 0 bridgehead atoms. The minimum Gasteiger partial charge on any atom is -0.496 e. The summed E-state index contributed by atoms with van der Waals surface area (Å²) in [6, 6.07) is 5.20. The van der Waals surface area contributed by atoms with Gasteiger partial charge >= 0.3 is 0 Å². The van der Waals surface area contributed by atoms with E-state index in [4.69, 9.17) is 14.6 Å². The van der Waals surface area contributed by atoms with Gasteiger partial charge in [0.25, 0.3) is 5.91 Å². The molecular weight excluding hydrogens is 246 g/mol. The Morgan fingerprint density at radius 2 is 1.89 bits per heavy atom. The first-order valence-electron chi connectivity index (χ1n) is 6.27. The Kier molecular flexibility index (Phi) is 6.15. The highest BCUT2D eigenvalue weighted by molar-refractivity contribution is 5.99. The van der Waals surface area contributed by atoms with E-state index in [1.165, 1.54) is 14.2 Å². The van der Waals surface area contributed by atoms with Crippen molar-refractivity contribution in [1.82, 2.24) is 5.32 Å². The maximum Gasteiger partial charge on any atom is 0.258 e. The van der Waals surface area contributed by atoms with Gasteiger partial charge in [-0.05, 0) is 31.9 Å². The number of hydrogen-bond acceptors (Lipinski definition) is 4. The van der Waals surface area contributed by atoms with Crippen LogP contribution in [0.4, 0.5) is 0 Å². The molecule has 0 aliphatic heterocycles. The molecule has 0 spiro atoms. The number of carbonyl (C=O) groups excluding carboxylic acids is 1. The van der Waals surface area contributed by atoms with Crippen LogP contribution in [0.3, 0.4) is 0 Å². The van der Waals surface area contributed by atoms with E-state index in [1.54, 1.807) is 25.1 Å². The number of ether oxygens (including phenoxy) is 2. The molecule has 5 heteroatoms. The van der Waals surface area contributed by atoms with E-state index in [0.717, 1.165) is 6.42 Å². The monoisotopic (exact) mass is 267 g/mol. The Morgan fingerprint density at radius 3 is 2.37 bits per heavy atom. The van der Waals surface area contributed by atoms with Crippen molar-refractivity contribution in [3.8, 4) is 11.5 Å². The van der Waals surface area contributed by atoms with Crippen LogP contribution in [0.1, 0.15) is 30.1 Å². The van der Waals surface area contributed by atoms with E-state index in [0.29, 0.717) is 30.0 Å². The van der Waals surface area contributed by atoms with Gasteiger partial charge in [0.1, 0.15) is 17.1 Å². The first kappa shape index (κ1) is 15.3. The van der Waals surface area contributed by atoms with Gasteiger partial charge < -0.3 is 19.9 Å². The molecule has 1 amide bonds. The molecule has 1 rings (SSSR count). The van der Waals surface area contributed by atoms with E-state index in [-0.39, 0.29) is 12.0 Å². The molecule has 0 fully saturated rings. The summed E-state index contributed by atoms with van der Waals surface area (Å²) in [5.41, 5.74) is 0.393. The zero-order valence-electron chi connectivity index (χ0n) is 11.6. The number of amides is 1. The van der Waals surface area contributed by atoms with Crippen molar-refractivity contribution in [2.24, 2.45) is 0 Å². The van der Waals surface area contributed by atoms with Crippen molar-refractivity contribution in [3.05, 3.63) is 23.8 Å². The molecule has 0 aromatic heterocycles. The van der Waals surface area contributed by atoms with Gasteiger partial charge in [-0.1, -0.05) is 6.07 Å². The van der Waals surface area contributed by atoms with Crippen LogP contribution >= 0.6 is 0 Å². The normalized spacial score (nSPS) is 11.8.